The molecule has 124 valence electrons. The Bertz CT molecular complexity index is 221. The van der Waals surface area contributed by atoms with E-state index in [-0.39, 0.29) is 89.3 Å². The Morgan fingerprint density at radius 2 is 0.333 bits per heavy atom. The van der Waals surface area contributed by atoms with Crippen molar-refractivity contribution in [3.8, 4) is 0 Å². The van der Waals surface area contributed by atoms with Crippen molar-refractivity contribution in [1.82, 2.24) is 0 Å². The Hall–Kier alpha value is 0.994. The Balaban J connectivity index is -0.0000000161. The molecular weight excluding hydrogens is 849 g/mol. The van der Waals surface area contributed by atoms with Gasteiger partial charge in [-0.05, 0) is 0 Å². The van der Waals surface area contributed by atoms with E-state index in [1.54, 1.807) is 0 Å². The van der Waals surface area contributed by atoms with Crippen molar-refractivity contribution in [2.24, 2.45) is 0 Å². The van der Waals surface area contributed by atoms with Crippen LogP contribution >= 0.6 is 0 Å². The quantitative estimate of drug-likeness (QED) is 0.204. The van der Waals surface area contributed by atoms with Gasteiger partial charge in [-0.2, -0.15) is 0 Å². The van der Waals surface area contributed by atoms with E-state index in [4.69, 9.17) is 70.3 Å². The Labute approximate surface area is 203 Å². The van der Waals surface area contributed by atoms with Crippen molar-refractivity contribution in [3.05, 3.63) is 0 Å². The summed E-state index contributed by atoms with van der Waals surface area (Å²) < 4.78 is 42.6. The Kier molecular flexibility index (Phi) is 116. The summed E-state index contributed by atoms with van der Waals surface area (Å²) in [6.07, 6.45) is 0. The van der Waals surface area contributed by atoms with Crippen LogP contribution in [0.15, 0.2) is 0 Å². The topological polar surface area (TPSA) is 316 Å². The monoisotopic (exact) mass is 850 g/mol. The third kappa shape index (κ3) is 11300. The van der Waals surface area contributed by atoms with Crippen molar-refractivity contribution in [2.75, 3.05) is 0 Å². The molecule has 4 radical (unpaired) electrons. The fourth-order valence-corrected chi connectivity index (χ4v) is 0. The smallest absolute Gasteiger partial charge is 0.672 e. The van der Waals surface area contributed by atoms with Crippen molar-refractivity contribution in [2.45, 2.75) is 0 Å². The second-order valence-corrected chi connectivity index (χ2v) is 3.75. The molecule has 0 heterocycles. The average molecular weight is 849 g/mol. The van der Waals surface area contributed by atoms with Crippen molar-refractivity contribution in [3.63, 3.8) is 0 Å². The molecule has 0 aliphatic carbocycles. The number of rotatable bonds is 0. The first-order valence-corrected chi connectivity index (χ1v) is 9.19. The van der Waals surface area contributed by atoms with Gasteiger partial charge in [0.15, 0.2) is 0 Å². The molecule has 0 saturated heterocycles. The van der Waals surface area contributed by atoms with Gasteiger partial charge in [0.05, 0.1) is 0 Å². The molecule has 0 aromatic rings. The maximum atomic E-state index is 8.52. The van der Waals surface area contributed by atoms with Crippen LogP contribution in [0.1, 0.15) is 0 Å². The van der Waals surface area contributed by atoms with E-state index in [1.807, 2.05) is 0 Å². The van der Waals surface area contributed by atoms with Crippen LogP contribution in [0.4, 0.5) is 0 Å². The SMILES string of the molecule is O=[Si]([O-])[O-].O=[Si]([O-])[O-].O=[Si]([O-])[O-].O=[Si]([O-])[O-].O=[Si]([O-])[O-].[Al+3].[Al+3].[Pb+2].[Pb+2]. The summed E-state index contributed by atoms with van der Waals surface area (Å²) in [4.78, 5) is 85.2. The molecule has 0 spiro atoms. The number of hydrogen-bond acceptors (Lipinski definition) is 15. The van der Waals surface area contributed by atoms with Gasteiger partial charge in [0.1, 0.15) is 0 Å². The zero-order valence-corrected chi connectivity index (χ0v) is 25.9. The molecule has 24 heteroatoms. The van der Waals surface area contributed by atoms with E-state index in [2.05, 4.69) is 0 Å². The van der Waals surface area contributed by atoms with E-state index in [1.165, 1.54) is 0 Å². The van der Waals surface area contributed by atoms with Crippen LogP contribution in [0.5, 0.6) is 0 Å². The molecule has 0 fully saturated rings. The molecule has 0 aliphatic heterocycles. The van der Waals surface area contributed by atoms with Gasteiger partial charge in [-0.15, -0.1) is 0 Å². The molecule has 0 bridgehead atoms. The second kappa shape index (κ2) is 49.6. The number of hydrogen-bond donors (Lipinski definition) is 0. The largest absolute Gasteiger partial charge is 3.00 e. The second-order valence-electron chi connectivity index (χ2n) is 1.25. The summed E-state index contributed by atoms with van der Waals surface area (Å²) in [5.41, 5.74) is 0. The first kappa shape index (κ1) is 56.3. The normalized spacial score (nSPS) is 5.00. The molecule has 0 atom stereocenters. The van der Waals surface area contributed by atoms with Gasteiger partial charge < -0.3 is 70.3 Å². The van der Waals surface area contributed by atoms with Crippen molar-refractivity contribution in [1.29, 1.82) is 0 Å². The van der Waals surface area contributed by atoms with E-state index in [9.17, 15) is 0 Å². The Morgan fingerprint density at radius 3 is 0.333 bits per heavy atom. The minimum absolute atomic E-state index is 0. The molecule has 24 heavy (non-hydrogen) atoms. The van der Waals surface area contributed by atoms with Gasteiger partial charge in [-0.3, -0.25) is 0 Å². The van der Waals surface area contributed by atoms with Gasteiger partial charge in [-0.25, -0.2) is 0 Å². The van der Waals surface area contributed by atoms with Crippen molar-refractivity contribution >= 4 is 135 Å². The maximum Gasteiger partial charge on any atom is 3.00 e. The molecule has 0 N–H and O–H groups in total. The minimum Gasteiger partial charge on any atom is -0.672 e. The predicted octanol–water partition coefficient (Wildman–Crippen LogP) is -15.9. The molecule has 0 unspecified atom stereocenters. The Morgan fingerprint density at radius 1 is 0.333 bits per heavy atom. The molecule has 0 rings (SSSR count). The molecular formula is Al2O15Pb2Si5. The fourth-order valence-electron chi connectivity index (χ4n) is 0. The van der Waals surface area contributed by atoms with E-state index in [0.717, 1.165) is 0 Å². The summed E-state index contributed by atoms with van der Waals surface area (Å²) in [7, 11) is -18.1. The van der Waals surface area contributed by atoms with Gasteiger partial charge in [0.2, 0.25) is 0 Å². The minimum atomic E-state index is -3.63. The van der Waals surface area contributed by atoms with Gasteiger partial charge >= 0.3 is 89.3 Å². The molecule has 0 amide bonds. The molecule has 0 aromatic carbocycles. The van der Waals surface area contributed by atoms with Crippen LogP contribution in [0, 0.1) is 0 Å². The van der Waals surface area contributed by atoms with E-state index in [0.29, 0.717) is 0 Å². The van der Waals surface area contributed by atoms with Crippen LogP contribution in [-0.4, -0.2) is 135 Å². The molecule has 0 aliphatic rings. The maximum absolute atomic E-state index is 8.52. The van der Waals surface area contributed by atoms with Gasteiger partial charge in [-0.1, -0.05) is 0 Å². The van der Waals surface area contributed by atoms with Crippen molar-refractivity contribution < 1.29 is 70.3 Å². The first-order valence-electron chi connectivity index (χ1n) is 3.06. The first-order chi connectivity index (χ1) is 8.66. The zero-order chi connectivity index (χ0) is 17.9. The zero-order valence-electron chi connectivity index (χ0n) is 10.8. The average Bonchev–Trinajstić information content (AvgIpc) is 1.94. The van der Waals surface area contributed by atoms with Crippen LogP contribution in [0.25, 0.3) is 0 Å². The predicted molar refractivity (Wildman–Crippen MR) is 55.2 cm³/mol. The molecule has 0 aromatic heterocycles. The van der Waals surface area contributed by atoms with Gasteiger partial charge in [0.25, 0.3) is 0 Å². The van der Waals surface area contributed by atoms with Crippen LogP contribution in [0.2, 0.25) is 0 Å². The standard InChI is InChI=1S/2Al.5O3Si.2Pb/c;;5*1-4(2)3;;/q2*+3;5*-2;2*+2. The van der Waals surface area contributed by atoms with E-state index < -0.39 is 45.9 Å². The fraction of sp³-hybridized carbons (Fsp3) is 0. The summed E-state index contributed by atoms with van der Waals surface area (Å²) in [5.74, 6) is 0. The van der Waals surface area contributed by atoms with E-state index >= 15 is 0 Å². The third-order valence-electron chi connectivity index (χ3n) is 0. The van der Waals surface area contributed by atoms with Crippen LogP contribution in [-0.2, 0) is 22.3 Å². The van der Waals surface area contributed by atoms with Crippen LogP contribution in [0.3, 0.4) is 0 Å². The van der Waals surface area contributed by atoms with Crippen LogP contribution < -0.4 is 48.0 Å². The molecule has 15 nitrogen and oxygen atoms in total. The summed E-state index contributed by atoms with van der Waals surface area (Å²) in [6, 6.07) is 0. The van der Waals surface area contributed by atoms with Gasteiger partial charge in [0, 0.05) is 45.9 Å². The summed E-state index contributed by atoms with van der Waals surface area (Å²) in [6.45, 7) is 0. The summed E-state index contributed by atoms with van der Waals surface area (Å²) in [5, 5.41) is 0. The third-order valence-corrected chi connectivity index (χ3v) is 0. The molecule has 0 saturated carbocycles. The summed E-state index contributed by atoms with van der Waals surface area (Å²) >= 11 is 0.